The van der Waals surface area contributed by atoms with Crippen LogP contribution in [0.5, 0.6) is 0 Å². The summed E-state index contributed by atoms with van der Waals surface area (Å²) >= 11 is 0. The van der Waals surface area contributed by atoms with E-state index >= 15 is 0 Å². The van der Waals surface area contributed by atoms with Crippen LogP contribution in [0.1, 0.15) is 25.8 Å². The van der Waals surface area contributed by atoms with E-state index in [2.05, 4.69) is 10.6 Å². The molecule has 6 nitrogen and oxygen atoms in total. The first kappa shape index (κ1) is 18.0. The van der Waals surface area contributed by atoms with Crippen LogP contribution in [0.25, 0.3) is 0 Å². The fourth-order valence-corrected chi connectivity index (χ4v) is 1.84. The average Bonchev–Trinajstić information content (AvgIpc) is 2.37. The predicted octanol–water partition coefficient (Wildman–Crippen LogP) is 1.92. The minimum absolute atomic E-state index is 0.0226. The van der Waals surface area contributed by atoms with Gasteiger partial charge in [-0.15, -0.1) is 0 Å². The highest BCUT2D eigenvalue weighted by Crippen LogP contribution is 2.29. The van der Waals surface area contributed by atoms with Gasteiger partial charge in [-0.05, 0) is 25.3 Å². The number of halogens is 3. The zero-order valence-electron chi connectivity index (χ0n) is 12.1. The number of nitrogens with one attached hydrogen (secondary N) is 3. The molecule has 2 amide bonds. The number of H-pyrrole nitrogens is 1. The van der Waals surface area contributed by atoms with Gasteiger partial charge in [-0.3, -0.25) is 4.79 Å². The average molecular weight is 321 g/mol. The second kappa shape index (κ2) is 7.30. The molecular weight excluding hydrogens is 303 g/mol. The predicted molar refractivity (Wildman–Crippen MR) is 74.5 cm³/mol. The highest BCUT2D eigenvalue weighted by molar-refractivity contribution is 5.89. The Bertz CT molecular complexity index is 570. The Labute approximate surface area is 124 Å². The first-order valence-electron chi connectivity index (χ1n) is 6.62. The molecule has 0 fully saturated rings. The van der Waals surface area contributed by atoms with Crippen molar-refractivity contribution in [1.29, 1.82) is 0 Å². The van der Waals surface area contributed by atoms with Gasteiger partial charge in [0.2, 0.25) is 0 Å². The number of pyridine rings is 1. The van der Waals surface area contributed by atoms with Crippen molar-refractivity contribution in [3.63, 3.8) is 0 Å². The van der Waals surface area contributed by atoms with Crippen LogP contribution in [0.15, 0.2) is 17.1 Å². The highest BCUT2D eigenvalue weighted by atomic mass is 19.4. The molecule has 0 saturated heterocycles. The number of aromatic nitrogens is 1. The van der Waals surface area contributed by atoms with Gasteiger partial charge in [0.05, 0.1) is 11.7 Å². The van der Waals surface area contributed by atoms with Gasteiger partial charge in [0.1, 0.15) is 5.69 Å². The lowest BCUT2D eigenvalue weighted by molar-refractivity contribution is -0.137. The van der Waals surface area contributed by atoms with Gasteiger partial charge >= 0.3 is 12.2 Å². The lowest BCUT2D eigenvalue weighted by Gasteiger charge is -2.14. The Morgan fingerprint density at radius 2 is 2.05 bits per heavy atom. The third kappa shape index (κ3) is 5.76. The maximum atomic E-state index is 12.5. The number of urea groups is 1. The first-order chi connectivity index (χ1) is 10.1. The van der Waals surface area contributed by atoms with E-state index in [1.807, 2.05) is 4.98 Å². The van der Waals surface area contributed by atoms with Crippen LogP contribution in [0.3, 0.4) is 0 Å². The number of carbonyl (C=O) groups excluding carboxylic acids is 1. The molecule has 2 atom stereocenters. The van der Waals surface area contributed by atoms with Crippen LogP contribution in [-0.2, 0) is 6.18 Å². The van der Waals surface area contributed by atoms with Gasteiger partial charge in [-0.25, -0.2) is 4.79 Å². The summed E-state index contributed by atoms with van der Waals surface area (Å²) in [7, 11) is 0. The van der Waals surface area contributed by atoms with E-state index in [0.29, 0.717) is 18.7 Å². The second-order valence-electron chi connectivity index (χ2n) is 5.15. The molecule has 0 aliphatic carbocycles. The fourth-order valence-electron chi connectivity index (χ4n) is 1.84. The van der Waals surface area contributed by atoms with E-state index in [1.54, 1.807) is 13.8 Å². The first-order valence-corrected chi connectivity index (χ1v) is 6.62. The van der Waals surface area contributed by atoms with Crippen LogP contribution in [0.4, 0.5) is 23.7 Å². The Balaban J connectivity index is 2.67. The summed E-state index contributed by atoms with van der Waals surface area (Å²) in [6.07, 6.45) is -4.14. The Morgan fingerprint density at radius 1 is 1.41 bits per heavy atom. The number of carbonyl (C=O) groups is 1. The van der Waals surface area contributed by atoms with Crippen molar-refractivity contribution < 1.29 is 23.1 Å². The largest absolute Gasteiger partial charge is 0.417 e. The number of hydrogen-bond acceptors (Lipinski definition) is 3. The molecule has 1 heterocycles. The number of rotatable bonds is 5. The molecule has 0 saturated carbocycles. The minimum Gasteiger partial charge on any atom is -0.393 e. The molecule has 0 radical (unpaired) electrons. The molecule has 124 valence electrons. The zero-order chi connectivity index (χ0) is 16.9. The Morgan fingerprint density at radius 3 is 2.59 bits per heavy atom. The highest BCUT2D eigenvalue weighted by Gasteiger charge is 2.31. The van der Waals surface area contributed by atoms with Gasteiger partial charge in [-0.1, -0.05) is 6.92 Å². The molecule has 2 unspecified atom stereocenters. The van der Waals surface area contributed by atoms with E-state index in [9.17, 15) is 27.9 Å². The zero-order valence-corrected chi connectivity index (χ0v) is 12.1. The van der Waals surface area contributed by atoms with Crippen LogP contribution < -0.4 is 16.2 Å². The van der Waals surface area contributed by atoms with E-state index in [0.717, 1.165) is 0 Å². The fraction of sp³-hybridized carbons (Fsp3) is 0.538. The summed E-state index contributed by atoms with van der Waals surface area (Å²) in [5.74, 6) is -0.0226. The summed E-state index contributed by atoms with van der Waals surface area (Å²) in [5, 5.41) is 13.7. The van der Waals surface area contributed by atoms with E-state index in [4.69, 9.17) is 0 Å². The molecule has 1 aromatic heterocycles. The molecule has 0 spiro atoms. The van der Waals surface area contributed by atoms with Crippen LogP contribution >= 0.6 is 0 Å². The van der Waals surface area contributed by atoms with Gasteiger partial charge in [0.15, 0.2) is 0 Å². The topological polar surface area (TPSA) is 94.2 Å². The molecule has 0 aliphatic rings. The quantitative estimate of drug-likeness (QED) is 0.667. The summed E-state index contributed by atoms with van der Waals surface area (Å²) < 4.78 is 37.6. The third-order valence-electron chi connectivity index (χ3n) is 2.83. The lowest BCUT2D eigenvalue weighted by Crippen LogP contribution is -2.34. The lowest BCUT2D eigenvalue weighted by atomic mass is 10.1. The minimum atomic E-state index is -4.62. The van der Waals surface area contributed by atoms with Gasteiger partial charge < -0.3 is 20.7 Å². The molecule has 0 aromatic carbocycles. The van der Waals surface area contributed by atoms with E-state index in [1.165, 1.54) is 0 Å². The monoisotopic (exact) mass is 321 g/mol. The van der Waals surface area contributed by atoms with Gasteiger partial charge in [0.25, 0.3) is 5.56 Å². The standard InChI is InChI=1S/C13H18F3N3O3/c1-7(3-8(2)20)5-18-12(22)19-10-4-9(13(14,15)16)6-17-11(10)21/h4,6-8,20H,3,5H2,1-2H3,(H,17,21)(H2,18,19,22). The number of aliphatic hydroxyl groups excluding tert-OH is 1. The van der Waals surface area contributed by atoms with Crippen molar-refractivity contribution in [2.75, 3.05) is 11.9 Å². The molecular formula is C13H18F3N3O3. The molecule has 4 N–H and O–H groups in total. The summed E-state index contributed by atoms with van der Waals surface area (Å²) in [4.78, 5) is 24.9. The normalized spacial score (nSPS) is 14.3. The van der Waals surface area contributed by atoms with Crippen molar-refractivity contribution in [2.45, 2.75) is 32.5 Å². The van der Waals surface area contributed by atoms with Gasteiger partial charge in [-0.2, -0.15) is 13.2 Å². The molecule has 22 heavy (non-hydrogen) atoms. The molecule has 1 rings (SSSR count). The Hall–Kier alpha value is -2.03. The maximum absolute atomic E-state index is 12.5. The maximum Gasteiger partial charge on any atom is 0.417 e. The van der Waals surface area contributed by atoms with Crippen molar-refractivity contribution in [3.8, 4) is 0 Å². The number of amides is 2. The van der Waals surface area contributed by atoms with Crippen molar-refractivity contribution in [3.05, 3.63) is 28.2 Å². The van der Waals surface area contributed by atoms with E-state index < -0.39 is 35.1 Å². The third-order valence-corrected chi connectivity index (χ3v) is 2.83. The number of hydrogen-bond donors (Lipinski definition) is 4. The number of aliphatic hydroxyl groups is 1. The van der Waals surface area contributed by atoms with Crippen LogP contribution in [0.2, 0.25) is 0 Å². The molecule has 0 bridgehead atoms. The Kier molecular flexibility index (Phi) is 5.98. The number of aromatic amines is 1. The van der Waals surface area contributed by atoms with Crippen molar-refractivity contribution in [2.24, 2.45) is 5.92 Å². The molecule has 0 aliphatic heterocycles. The van der Waals surface area contributed by atoms with E-state index in [-0.39, 0.29) is 12.5 Å². The van der Waals surface area contributed by atoms with Crippen molar-refractivity contribution >= 4 is 11.7 Å². The SMILES string of the molecule is CC(O)CC(C)CNC(=O)Nc1cc(C(F)(F)F)c[nH]c1=O. The number of alkyl halides is 3. The second-order valence-corrected chi connectivity index (χ2v) is 5.15. The van der Waals surface area contributed by atoms with Crippen molar-refractivity contribution in [1.82, 2.24) is 10.3 Å². The summed E-state index contributed by atoms with van der Waals surface area (Å²) in [6.45, 7) is 3.62. The summed E-state index contributed by atoms with van der Waals surface area (Å²) in [5.41, 5.74) is -2.39. The molecule has 9 heteroatoms. The van der Waals surface area contributed by atoms with Gasteiger partial charge in [0, 0.05) is 12.7 Å². The summed E-state index contributed by atoms with van der Waals surface area (Å²) in [6, 6.07) is -0.222. The smallest absolute Gasteiger partial charge is 0.393 e. The molecule has 1 aromatic rings. The van der Waals surface area contributed by atoms with Crippen LogP contribution in [0, 0.1) is 5.92 Å². The number of anilines is 1. The van der Waals surface area contributed by atoms with Crippen LogP contribution in [-0.4, -0.2) is 28.8 Å².